The number of anilines is 1. The molecule has 0 saturated carbocycles. The van der Waals surface area contributed by atoms with Gasteiger partial charge in [0.25, 0.3) is 5.91 Å². The summed E-state index contributed by atoms with van der Waals surface area (Å²) in [5.74, 6) is 0.782. The molecule has 0 radical (unpaired) electrons. The summed E-state index contributed by atoms with van der Waals surface area (Å²) in [4.78, 5) is 19.0. The highest BCUT2D eigenvalue weighted by atomic mass is 35.5. The van der Waals surface area contributed by atoms with E-state index < -0.39 is 0 Å². The van der Waals surface area contributed by atoms with Gasteiger partial charge in [-0.15, -0.1) is 0 Å². The number of hydrogen-bond acceptors (Lipinski definition) is 3. The zero-order valence-electron chi connectivity index (χ0n) is 17.4. The van der Waals surface area contributed by atoms with E-state index in [1.165, 1.54) is 6.26 Å². The van der Waals surface area contributed by atoms with Gasteiger partial charge in [0.15, 0.2) is 11.7 Å². The van der Waals surface area contributed by atoms with E-state index in [0.717, 1.165) is 28.8 Å². The second-order valence-electron chi connectivity index (χ2n) is 6.92. The fraction of sp³-hybridized carbons (Fsp3) is 0.273. The first-order valence-electron chi connectivity index (χ1n) is 9.70. The Labute approximate surface area is 181 Å². The number of aryl methyl sites for hydroxylation is 1. The molecule has 2 aromatic heterocycles. The highest BCUT2D eigenvalue weighted by Gasteiger charge is 2.11. The molecule has 0 spiro atoms. The fourth-order valence-electron chi connectivity index (χ4n) is 3.02. The van der Waals surface area contributed by atoms with Crippen molar-refractivity contribution in [2.75, 3.05) is 18.9 Å². The minimum Gasteiger partial charge on any atom is -0.459 e. The lowest BCUT2D eigenvalue weighted by Gasteiger charge is -2.22. The monoisotopic (exact) mass is 427 g/mol. The summed E-state index contributed by atoms with van der Waals surface area (Å²) in [6.45, 7) is 3.95. The van der Waals surface area contributed by atoms with Crippen molar-refractivity contribution in [1.29, 1.82) is 0 Å². The predicted octanol–water partition coefficient (Wildman–Crippen LogP) is 4.12. The van der Waals surface area contributed by atoms with Gasteiger partial charge in [0, 0.05) is 38.2 Å². The first-order chi connectivity index (χ1) is 14.5. The van der Waals surface area contributed by atoms with Crippen molar-refractivity contribution in [3.63, 3.8) is 0 Å². The summed E-state index contributed by atoms with van der Waals surface area (Å²) in [7, 11) is 3.96. The lowest BCUT2D eigenvalue weighted by Crippen LogP contribution is -2.38. The summed E-state index contributed by atoms with van der Waals surface area (Å²) >= 11 is 6.09. The van der Waals surface area contributed by atoms with Crippen molar-refractivity contribution < 1.29 is 9.21 Å². The van der Waals surface area contributed by atoms with Crippen molar-refractivity contribution in [2.45, 2.75) is 20.0 Å². The molecule has 0 aliphatic carbocycles. The Morgan fingerprint density at radius 3 is 2.77 bits per heavy atom. The third-order valence-electron chi connectivity index (χ3n) is 4.51. The molecular weight excluding hydrogens is 402 g/mol. The van der Waals surface area contributed by atoms with E-state index in [1.807, 2.05) is 62.1 Å². The van der Waals surface area contributed by atoms with Gasteiger partial charge < -0.3 is 24.5 Å². The van der Waals surface area contributed by atoms with E-state index in [0.29, 0.717) is 18.8 Å². The fourth-order valence-corrected chi connectivity index (χ4v) is 3.30. The molecule has 0 atom stereocenters. The van der Waals surface area contributed by atoms with Crippen LogP contribution in [0.2, 0.25) is 5.02 Å². The number of guanidine groups is 1. The minimum absolute atomic E-state index is 0.273. The number of halogens is 1. The molecule has 158 valence electrons. The van der Waals surface area contributed by atoms with Gasteiger partial charge in [-0.1, -0.05) is 23.7 Å². The normalized spacial score (nSPS) is 11.4. The number of carbonyl (C=O) groups excluding carboxylic acids is 1. The third kappa shape index (κ3) is 5.67. The molecule has 2 N–H and O–H groups in total. The number of carbonyl (C=O) groups is 1. The van der Waals surface area contributed by atoms with Crippen molar-refractivity contribution in [3.8, 4) is 0 Å². The van der Waals surface area contributed by atoms with Crippen LogP contribution in [-0.4, -0.2) is 34.9 Å². The molecule has 1 amide bonds. The van der Waals surface area contributed by atoms with Crippen LogP contribution in [0.5, 0.6) is 0 Å². The van der Waals surface area contributed by atoms with E-state index in [2.05, 4.69) is 15.5 Å². The SMILES string of the molecule is CCNC(=NCc1cccc(NC(=O)c2ccco2)c1)N(C)Cc1cc(Cl)cn1C. The topological polar surface area (TPSA) is 74.8 Å². The molecule has 0 bridgehead atoms. The maximum atomic E-state index is 12.2. The molecule has 0 fully saturated rings. The van der Waals surface area contributed by atoms with Crippen molar-refractivity contribution in [3.05, 3.63) is 77.0 Å². The number of nitrogens with zero attached hydrogens (tertiary/aromatic N) is 3. The largest absolute Gasteiger partial charge is 0.459 e. The molecule has 2 heterocycles. The summed E-state index contributed by atoms with van der Waals surface area (Å²) in [6.07, 6.45) is 3.36. The van der Waals surface area contributed by atoms with Crippen LogP contribution in [0.15, 0.2) is 64.3 Å². The van der Waals surface area contributed by atoms with Gasteiger partial charge in [-0.25, -0.2) is 4.99 Å². The van der Waals surface area contributed by atoms with Crippen LogP contribution >= 0.6 is 11.6 Å². The Hall–Kier alpha value is -3.19. The van der Waals surface area contributed by atoms with Crippen LogP contribution in [0.3, 0.4) is 0 Å². The average Bonchev–Trinajstić information content (AvgIpc) is 3.35. The molecule has 8 heteroatoms. The molecule has 7 nitrogen and oxygen atoms in total. The Kier molecular flexibility index (Phi) is 7.19. The summed E-state index contributed by atoms with van der Waals surface area (Å²) in [5, 5.41) is 6.87. The first kappa shape index (κ1) is 21.5. The molecule has 3 aromatic rings. The molecule has 0 aliphatic rings. The van der Waals surface area contributed by atoms with E-state index in [4.69, 9.17) is 21.0 Å². The van der Waals surface area contributed by atoms with E-state index in [-0.39, 0.29) is 11.7 Å². The average molecular weight is 428 g/mol. The number of rotatable bonds is 7. The van der Waals surface area contributed by atoms with E-state index in [1.54, 1.807) is 12.1 Å². The van der Waals surface area contributed by atoms with Crippen molar-refractivity contribution >= 4 is 29.2 Å². The highest BCUT2D eigenvalue weighted by molar-refractivity contribution is 6.30. The number of hydrogen-bond donors (Lipinski definition) is 2. The van der Waals surface area contributed by atoms with E-state index in [9.17, 15) is 4.79 Å². The summed E-state index contributed by atoms with van der Waals surface area (Å²) in [5.41, 5.74) is 2.77. The number of nitrogens with one attached hydrogen (secondary N) is 2. The Balaban J connectivity index is 1.68. The zero-order chi connectivity index (χ0) is 21.5. The maximum Gasteiger partial charge on any atom is 0.291 e. The third-order valence-corrected chi connectivity index (χ3v) is 4.72. The van der Waals surface area contributed by atoms with Crippen molar-refractivity contribution in [2.24, 2.45) is 12.0 Å². The molecule has 0 aliphatic heterocycles. The van der Waals surface area contributed by atoms with Crippen LogP contribution in [0.25, 0.3) is 0 Å². The first-order valence-corrected chi connectivity index (χ1v) is 10.1. The van der Waals surface area contributed by atoms with Crippen LogP contribution in [0, 0.1) is 0 Å². The van der Waals surface area contributed by atoms with Crippen LogP contribution in [-0.2, 0) is 20.1 Å². The number of amides is 1. The lowest BCUT2D eigenvalue weighted by molar-refractivity contribution is 0.0996. The Bertz CT molecular complexity index is 1010. The van der Waals surface area contributed by atoms with Gasteiger partial charge in [-0.2, -0.15) is 0 Å². The summed E-state index contributed by atoms with van der Waals surface area (Å²) in [6, 6.07) is 12.9. The van der Waals surface area contributed by atoms with Gasteiger partial charge >= 0.3 is 0 Å². The number of furan rings is 1. The molecule has 30 heavy (non-hydrogen) atoms. The van der Waals surface area contributed by atoms with Crippen LogP contribution in [0.1, 0.15) is 28.7 Å². The molecular formula is C22H26ClN5O2. The predicted molar refractivity (Wildman–Crippen MR) is 120 cm³/mol. The van der Waals surface area contributed by atoms with Gasteiger partial charge in [0.1, 0.15) is 0 Å². The maximum absolute atomic E-state index is 12.2. The number of benzene rings is 1. The second-order valence-corrected chi connectivity index (χ2v) is 7.36. The molecule has 1 aromatic carbocycles. The Morgan fingerprint density at radius 2 is 2.10 bits per heavy atom. The Morgan fingerprint density at radius 1 is 1.27 bits per heavy atom. The van der Waals surface area contributed by atoms with Gasteiger partial charge in [0.2, 0.25) is 0 Å². The number of aromatic nitrogens is 1. The van der Waals surface area contributed by atoms with Crippen LogP contribution < -0.4 is 10.6 Å². The second kappa shape index (κ2) is 10.0. The van der Waals surface area contributed by atoms with Crippen molar-refractivity contribution in [1.82, 2.24) is 14.8 Å². The van der Waals surface area contributed by atoms with E-state index >= 15 is 0 Å². The quantitative estimate of drug-likeness (QED) is 0.439. The minimum atomic E-state index is -0.282. The smallest absolute Gasteiger partial charge is 0.291 e. The number of aliphatic imine (C=N–C) groups is 1. The van der Waals surface area contributed by atoms with Gasteiger partial charge in [0.05, 0.1) is 24.4 Å². The zero-order valence-corrected chi connectivity index (χ0v) is 18.1. The van der Waals surface area contributed by atoms with Gasteiger partial charge in [-0.05, 0) is 42.8 Å². The molecule has 0 saturated heterocycles. The summed E-state index contributed by atoms with van der Waals surface area (Å²) < 4.78 is 7.14. The molecule has 3 rings (SSSR count). The molecule has 0 unspecified atom stereocenters. The van der Waals surface area contributed by atoms with Gasteiger partial charge in [-0.3, -0.25) is 4.79 Å². The lowest BCUT2D eigenvalue weighted by atomic mass is 10.2. The standard InChI is InChI=1S/C22H26ClN5O2/c1-4-24-22(28(3)15-19-12-17(23)14-27(19)2)25-13-16-7-5-8-18(11-16)26-21(29)20-9-6-10-30-20/h5-12,14H,4,13,15H2,1-3H3,(H,24,25)(H,26,29). The highest BCUT2D eigenvalue weighted by Crippen LogP contribution is 2.15. The van der Waals surface area contributed by atoms with Crippen LogP contribution in [0.4, 0.5) is 5.69 Å².